The molecule has 1 saturated heterocycles. The zero-order chi connectivity index (χ0) is 19.1. The van der Waals surface area contributed by atoms with Crippen LogP contribution in [0.2, 0.25) is 0 Å². The molecule has 2 amide bonds. The molecule has 1 N–H and O–H groups in total. The molecule has 146 valence electrons. The van der Waals surface area contributed by atoms with Gasteiger partial charge in [0.15, 0.2) is 0 Å². The number of piperidine rings is 1. The molecule has 6 heteroatoms. The first-order chi connectivity index (χ1) is 13.1. The Kier molecular flexibility index (Phi) is 6.87. The van der Waals surface area contributed by atoms with Crippen molar-refractivity contribution in [3.8, 4) is 0 Å². The highest BCUT2D eigenvalue weighted by Crippen LogP contribution is 2.26. The number of hydrogen-bond donors (Lipinski definition) is 1. The van der Waals surface area contributed by atoms with E-state index < -0.39 is 0 Å². The molecule has 0 saturated carbocycles. The highest BCUT2D eigenvalue weighted by atomic mass is 16.2. The van der Waals surface area contributed by atoms with Crippen LogP contribution in [0.4, 0.5) is 4.79 Å². The summed E-state index contributed by atoms with van der Waals surface area (Å²) in [6.07, 6.45) is 7.17. The maximum absolute atomic E-state index is 12.6. The average molecular weight is 370 g/mol. The lowest BCUT2D eigenvalue weighted by Crippen LogP contribution is -2.45. The third kappa shape index (κ3) is 5.57. The van der Waals surface area contributed by atoms with E-state index in [1.54, 1.807) is 0 Å². The molecule has 0 spiro atoms. The molecule has 3 rings (SSSR count). The first kappa shape index (κ1) is 19.4. The summed E-state index contributed by atoms with van der Waals surface area (Å²) < 4.78 is 2.26. The maximum Gasteiger partial charge on any atom is 0.317 e. The van der Waals surface area contributed by atoms with Crippen LogP contribution in [0.25, 0.3) is 0 Å². The number of aryl methyl sites for hydroxylation is 1. The minimum absolute atomic E-state index is 0.0225. The van der Waals surface area contributed by atoms with Gasteiger partial charge >= 0.3 is 6.03 Å². The molecule has 1 aromatic heterocycles. The summed E-state index contributed by atoms with van der Waals surface area (Å²) in [4.78, 5) is 21.4. The van der Waals surface area contributed by atoms with Crippen molar-refractivity contribution in [1.29, 1.82) is 0 Å². The predicted molar refractivity (Wildman–Crippen MR) is 108 cm³/mol. The first-order valence-corrected chi connectivity index (χ1v) is 9.86. The summed E-state index contributed by atoms with van der Waals surface area (Å²) in [5.74, 6) is 1.44. The third-order valence-corrected chi connectivity index (χ3v) is 5.11. The smallest absolute Gasteiger partial charge is 0.317 e. The lowest BCUT2D eigenvalue weighted by Gasteiger charge is -2.32. The number of hydrogen-bond acceptors (Lipinski definition) is 3. The number of urea groups is 1. The van der Waals surface area contributed by atoms with Gasteiger partial charge in [-0.15, -0.1) is 0 Å². The van der Waals surface area contributed by atoms with Gasteiger partial charge in [0, 0.05) is 44.5 Å². The summed E-state index contributed by atoms with van der Waals surface area (Å²) in [6.45, 7) is 4.17. The molecule has 1 fully saturated rings. The van der Waals surface area contributed by atoms with Crippen LogP contribution in [0.1, 0.15) is 36.6 Å². The lowest BCUT2D eigenvalue weighted by atomic mass is 9.97. The van der Waals surface area contributed by atoms with E-state index in [-0.39, 0.29) is 6.03 Å². The van der Waals surface area contributed by atoms with Gasteiger partial charge in [0.1, 0.15) is 5.82 Å². The Bertz CT molecular complexity index is 712. The molecular weight excluding hydrogens is 338 g/mol. The minimum atomic E-state index is 0.0225. The zero-order valence-electron chi connectivity index (χ0n) is 16.5. The number of aromatic nitrogens is 2. The van der Waals surface area contributed by atoms with E-state index in [2.05, 4.69) is 40.1 Å². The van der Waals surface area contributed by atoms with Gasteiger partial charge in [-0.2, -0.15) is 0 Å². The van der Waals surface area contributed by atoms with Gasteiger partial charge in [-0.3, -0.25) is 0 Å². The van der Waals surface area contributed by atoms with Crippen molar-refractivity contribution in [3.63, 3.8) is 0 Å². The normalized spacial score (nSPS) is 17.3. The van der Waals surface area contributed by atoms with Crippen molar-refractivity contribution in [1.82, 2.24) is 24.7 Å². The van der Waals surface area contributed by atoms with E-state index in [1.807, 2.05) is 41.4 Å². The summed E-state index contributed by atoms with van der Waals surface area (Å²) in [5, 5.41) is 3.05. The molecule has 6 nitrogen and oxygen atoms in total. The summed E-state index contributed by atoms with van der Waals surface area (Å²) in [6, 6.07) is 10.1. The van der Waals surface area contributed by atoms with Gasteiger partial charge in [0.05, 0.1) is 0 Å². The van der Waals surface area contributed by atoms with E-state index in [9.17, 15) is 4.79 Å². The predicted octanol–water partition coefficient (Wildman–Crippen LogP) is 2.92. The van der Waals surface area contributed by atoms with Crippen LogP contribution in [0.3, 0.4) is 0 Å². The molecule has 0 bridgehead atoms. The zero-order valence-corrected chi connectivity index (χ0v) is 16.5. The number of nitrogens with zero attached hydrogens (tertiary/aromatic N) is 4. The lowest BCUT2D eigenvalue weighted by molar-refractivity contribution is 0.177. The fourth-order valence-electron chi connectivity index (χ4n) is 3.68. The Morgan fingerprint density at radius 3 is 2.89 bits per heavy atom. The summed E-state index contributed by atoms with van der Waals surface area (Å²) in [5.41, 5.74) is 1.12. The van der Waals surface area contributed by atoms with Crippen LogP contribution >= 0.6 is 0 Å². The molecule has 0 radical (unpaired) electrons. The van der Waals surface area contributed by atoms with Crippen molar-refractivity contribution in [2.45, 2.75) is 38.3 Å². The van der Waals surface area contributed by atoms with Crippen LogP contribution in [0.5, 0.6) is 0 Å². The van der Waals surface area contributed by atoms with Crippen molar-refractivity contribution in [2.75, 3.05) is 33.7 Å². The quantitative estimate of drug-likeness (QED) is 0.816. The maximum atomic E-state index is 12.6. The molecule has 2 aromatic rings. The minimum Gasteiger partial charge on any atom is -0.335 e. The van der Waals surface area contributed by atoms with E-state index >= 15 is 0 Å². The van der Waals surface area contributed by atoms with E-state index in [0.717, 1.165) is 56.8 Å². The van der Waals surface area contributed by atoms with Crippen molar-refractivity contribution >= 4 is 6.03 Å². The molecule has 27 heavy (non-hydrogen) atoms. The van der Waals surface area contributed by atoms with E-state index in [1.165, 1.54) is 0 Å². The Morgan fingerprint density at radius 1 is 1.30 bits per heavy atom. The second-order valence-electron chi connectivity index (χ2n) is 7.57. The molecule has 1 atom stereocenters. The molecule has 1 aromatic carbocycles. The van der Waals surface area contributed by atoms with Crippen LogP contribution in [-0.4, -0.2) is 59.1 Å². The van der Waals surface area contributed by atoms with Crippen LogP contribution in [0, 0.1) is 0 Å². The average Bonchev–Trinajstić information content (AvgIpc) is 3.15. The van der Waals surface area contributed by atoms with Gasteiger partial charge in [0.25, 0.3) is 0 Å². The van der Waals surface area contributed by atoms with E-state index in [4.69, 9.17) is 0 Å². The molecular formula is C21H31N5O. The van der Waals surface area contributed by atoms with E-state index in [0.29, 0.717) is 12.5 Å². The Morgan fingerprint density at radius 2 is 2.11 bits per heavy atom. The highest BCUT2D eigenvalue weighted by Gasteiger charge is 2.27. The van der Waals surface area contributed by atoms with Gasteiger partial charge in [-0.25, -0.2) is 9.78 Å². The topological polar surface area (TPSA) is 53.4 Å². The SMILES string of the molecule is CN(C)CCCn1ccnc1[C@H]1CCCN(C(=O)NCc2ccccc2)C1. The third-order valence-electron chi connectivity index (χ3n) is 5.11. The Labute approximate surface area is 162 Å². The highest BCUT2D eigenvalue weighted by molar-refractivity contribution is 5.74. The number of rotatable bonds is 7. The van der Waals surface area contributed by atoms with Crippen molar-refractivity contribution in [2.24, 2.45) is 0 Å². The molecule has 1 aliphatic rings. The number of imidazole rings is 1. The Balaban J connectivity index is 1.54. The molecule has 1 aliphatic heterocycles. The van der Waals surface area contributed by atoms with Crippen LogP contribution in [-0.2, 0) is 13.1 Å². The number of benzene rings is 1. The largest absolute Gasteiger partial charge is 0.335 e. The van der Waals surface area contributed by atoms with Crippen LogP contribution < -0.4 is 5.32 Å². The number of nitrogens with one attached hydrogen (secondary N) is 1. The van der Waals surface area contributed by atoms with Crippen molar-refractivity contribution < 1.29 is 4.79 Å². The standard InChI is InChI=1S/C21H31N5O/c1-24(2)12-7-14-25-15-11-22-20(25)19-10-6-13-26(17-19)21(27)23-16-18-8-4-3-5-9-18/h3-5,8-9,11,15,19H,6-7,10,12-14,16-17H2,1-2H3,(H,23,27)/t19-/m0/s1. The fraction of sp³-hybridized carbons (Fsp3) is 0.524. The number of likely N-dealkylation sites (tertiary alicyclic amines) is 1. The van der Waals surface area contributed by atoms with Gasteiger partial charge in [-0.05, 0) is 45.5 Å². The Hall–Kier alpha value is -2.34. The molecule has 0 aliphatic carbocycles. The number of carbonyl (C=O) groups excluding carboxylic acids is 1. The first-order valence-electron chi connectivity index (χ1n) is 9.86. The summed E-state index contributed by atoms with van der Waals surface area (Å²) >= 11 is 0. The van der Waals surface area contributed by atoms with Gasteiger partial charge in [-0.1, -0.05) is 30.3 Å². The second kappa shape index (κ2) is 9.55. The fourth-order valence-corrected chi connectivity index (χ4v) is 3.68. The van der Waals surface area contributed by atoms with Crippen LogP contribution in [0.15, 0.2) is 42.7 Å². The molecule has 0 unspecified atom stereocenters. The number of amides is 2. The van der Waals surface area contributed by atoms with Gasteiger partial charge in [0.2, 0.25) is 0 Å². The monoisotopic (exact) mass is 369 g/mol. The number of carbonyl (C=O) groups is 1. The molecule has 2 heterocycles. The summed E-state index contributed by atoms with van der Waals surface area (Å²) in [7, 11) is 4.20. The van der Waals surface area contributed by atoms with Gasteiger partial charge < -0.3 is 19.7 Å². The van der Waals surface area contributed by atoms with Crippen molar-refractivity contribution in [3.05, 3.63) is 54.1 Å². The second-order valence-corrected chi connectivity index (χ2v) is 7.57.